The molecule has 0 fully saturated rings. The van der Waals surface area contributed by atoms with E-state index in [4.69, 9.17) is 9.47 Å². The summed E-state index contributed by atoms with van der Waals surface area (Å²) in [7, 11) is -3.88. The van der Waals surface area contributed by atoms with Crippen LogP contribution in [-0.4, -0.2) is 46.5 Å². The van der Waals surface area contributed by atoms with Gasteiger partial charge in [-0.15, -0.1) is 0 Å². The van der Waals surface area contributed by atoms with E-state index in [9.17, 15) is 18.0 Å². The Morgan fingerprint density at radius 3 is 2.46 bits per heavy atom. The van der Waals surface area contributed by atoms with Crippen molar-refractivity contribution < 1.29 is 27.5 Å². The maximum absolute atomic E-state index is 12.8. The van der Waals surface area contributed by atoms with Gasteiger partial charge in [-0.3, -0.25) is 25.2 Å². The quantitative estimate of drug-likeness (QED) is 0.425. The van der Waals surface area contributed by atoms with Crippen molar-refractivity contribution in [2.24, 2.45) is 0 Å². The number of carbonyl (C=O) groups is 2. The minimum atomic E-state index is -3.88. The highest BCUT2D eigenvalue weighted by molar-refractivity contribution is 7.92. The van der Waals surface area contributed by atoms with Crippen LogP contribution in [0.5, 0.6) is 11.5 Å². The zero-order chi connectivity index (χ0) is 25.8. The third kappa shape index (κ3) is 5.61. The van der Waals surface area contributed by atoms with Crippen LogP contribution in [0.3, 0.4) is 0 Å². The lowest BCUT2D eigenvalue weighted by Crippen LogP contribution is -2.47. The van der Waals surface area contributed by atoms with Crippen molar-refractivity contribution in [3.05, 3.63) is 77.9 Å². The molecular formula is C26H26N4O6S. The number of hydrogen-bond donors (Lipinski definition) is 3. The first-order valence-electron chi connectivity index (χ1n) is 11.8. The third-order valence-corrected chi connectivity index (χ3v) is 7.46. The fraction of sp³-hybridized carbons (Fsp3) is 0.231. The average Bonchev–Trinajstić information content (AvgIpc) is 2.92. The van der Waals surface area contributed by atoms with Crippen molar-refractivity contribution in [3.63, 3.8) is 0 Å². The minimum Gasteiger partial charge on any atom is -0.486 e. The first-order valence-corrected chi connectivity index (χ1v) is 13.3. The molecule has 37 heavy (non-hydrogen) atoms. The van der Waals surface area contributed by atoms with E-state index in [0.29, 0.717) is 24.7 Å². The number of fused-ring (bicyclic) bond motifs is 2. The standard InChI is InChI=1S/C26H26N4O6S/c31-25(17-30-13-3-5-18-4-1-2-6-22(18)30)27-28-26(32)19-7-9-20(10-8-19)29-37(33,34)21-11-12-23-24(16-21)36-15-14-35-23/h1-2,4,6-12,16,29H,3,5,13-15,17H2,(H,27,31)(H,28,32). The summed E-state index contributed by atoms with van der Waals surface area (Å²) in [6.45, 7) is 1.65. The van der Waals surface area contributed by atoms with Gasteiger partial charge >= 0.3 is 0 Å². The van der Waals surface area contributed by atoms with Crippen molar-refractivity contribution in [2.45, 2.75) is 17.7 Å². The lowest BCUT2D eigenvalue weighted by atomic mass is 10.0. The molecule has 2 amide bonds. The summed E-state index contributed by atoms with van der Waals surface area (Å²) in [5.41, 5.74) is 7.62. The van der Waals surface area contributed by atoms with E-state index in [-0.39, 0.29) is 28.6 Å². The monoisotopic (exact) mass is 522 g/mol. The Balaban J connectivity index is 1.16. The highest BCUT2D eigenvalue weighted by Crippen LogP contribution is 2.32. The van der Waals surface area contributed by atoms with Crippen LogP contribution < -0.4 is 29.9 Å². The van der Waals surface area contributed by atoms with Gasteiger partial charge < -0.3 is 14.4 Å². The predicted molar refractivity (Wildman–Crippen MR) is 137 cm³/mol. The van der Waals surface area contributed by atoms with Crippen LogP contribution >= 0.6 is 0 Å². The zero-order valence-corrected chi connectivity index (χ0v) is 20.7. The lowest BCUT2D eigenvalue weighted by molar-refractivity contribution is -0.120. The average molecular weight is 523 g/mol. The molecule has 3 N–H and O–H groups in total. The van der Waals surface area contributed by atoms with E-state index in [0.717, 1.165) is 25.1 Å². The summed E-state index contributed by atoms with van der Waals surface area (Å²) < 4.78 is 38.9. The van der Waals surface area contributed by atoms with E-state index in [2.05, 4.69) is 21.6 Å². The van der Waals surface area contributed by atoms with Gasteiger partial charge in [0.1, 0.15) is 13.2 Å². The van der Waals surface area contributed by atoms with Gasteiger partial charge in [-0.25, -0.2) is 8.42 Å². The van der Waals surface area contributed by atoms with Crippen molar-refractivity contribution in [3.8, 4) is 11.5 Å². The molecule has 0 saturated carbocycles. The van der Waals surface area contributed by atoms with E-state index < -0.39 is 15.9 Å². The Bertz CT molecular complexity index is 1430. The lowest BCUT2D eigenvalue weighted by Gasteiger charge is -2.30. The number of rotatable bonds is 6. The van der Waals surface area contributed by atoms with Gasteiger partial charge in [0.15, 0.2) is 11.5 Å². The fourth-order valence-corrected chi connectivity index (χ4v) is 5.36. The number of anilines is 2. The Morgan fingerprint density at radius 1 is 0.892 bits per heavy atom. The number of amides is 2. The van der Waals surface area contributed by atoms with Crippen molar-refractivity contribution in [1.82, 2.24) is 10.9 Å². The topological polar surface area (TPSA) is 126 Å². The normalized spacial score (nSPS) is 14.3. The molecule has 0 spiro atoms. The molecule has 0 unspecified atom stereocenters. The molecule has 0 saturated heterocycles. The summed E-state index contributed by atoms with van der Waals surface area (Å²) in [6, 6.07) is 18.2. The van der Waals surface area contributed by atoms with E-state index in [1.165, 1.54) is 42.0 Å². The first-order chi connectivity index (χ1) is 17.9. The van der Waals surface area contributed by atoms with Crippen LogP contribution in [0.4, 0.5) is 11.4 Å². The SMILES string of the molecule is O=C(CN1CCCc2ccccc21)NNC(=O)c1ccc(NS(=O)(=O)c2ccc3c(c2)OCCO3)cc1. The zero-order valence-electron chi connectivity index (χ0n) is 19.9. The van der Waals surface area contributed by atoms with E-state index >= 15 is 0 Å². The Morgan fingerprint density at radius 2 is 1.65 bits per heavy atom. The molecule has 0 radical (unpaired) electrons. The first kappa shape index (κ1) is 24.4. The van der Waals surface area contributed by atoms with Gasteiger partial charge in [-0.1, -0.05) is 18.2 Å². The largest absolute Gasteiger partial charge is 0.486 e. The number of para-hydroxylation sites is 1. The van der Waals surface area contributed by atoms with Crippen LogP contribution in [0.2, 0.25) is 0 Å². The van der Waals surface area contributed by atoms with E-state index in [1.807, 2.05) is 23.1 Å². The molecule has 10 nitrogen and oxygen atoms in total. The molecule has 3 aromatic carbocycles. The Hall–Kier alpha value is -4.25. The maximum Gasteiger partial charge on any atom is 0.269 e. The number of ether oxygens (including phenoxy) is 2. The highest BCUT2D eigenvalue weighted by Gasteiger charge is 2.21. The molecule has 11 heteroatoms. The molecule has 2 heterocycles. The summed E-state index contributed by atoms with van der Waals surface area (Å²) in [6.07, 6.45) is 1.94. The van der Waals surface area contributed by atoms with Gasteiger partial charge in [0.05, 0.1) is 11.4 Å². The maximum atomic E-state index is 12.8. The van der Waals surface area contributed by atoms with E-state index in [1.54, 1.807) is 6.07 Å². The van der Waals surface area contributed by atoms with Gasteiger partial charge in [0.2, 0.25) is 0 Å². The molecule has 192 valence electrons. The summed E-state index contributed by atoms with van der Waals surface area (Å²) in [5, 5.41) is 0. The number of nitrogens with one attached hydrogen (secondary N) is 3. The number of nitrogens with zero attached hydrogens (tertiary/aromatic N) is 1. The summed E-state index contributed by atoms with van der Waals surface area (Å²) >= 11 is 0. The van der Waals surface area contributed by atoms with Crippen LogP contribution in [0, 0.1) is 0 Å². The van der Waals surface area contributed by atoms with Gasteiger partial charge in [-0.05, 0) is 60.9 Å². The number of carbonyl (C=O) groups excluding carboxylic acids is 2. The Kier molecular flexibility index (Phi) is 6.87. The van der Waals surface area contributed by atoms with Crippen molar-refractivity contribution >= 4 is 33.2 Å². The molecular weight excluding hydrogens is 496 g/mol. The summed E-state index contributed by atoms with van der Waals surface area (Å²) in [4.78, 5) is 26.9. The number of benzene rings is 3. The Labute approximate surface area is 214 Å². The predicted octanol–water partition coefficient (Wildman–Crippen LogP) is 2.47. The minimum absolute atomic E-state index is 0.0256. The highest BCUT2D eigenvalue weighted by atomic mass is 32.2. The molecule has 0 bridgehead atoms. The van der Waals surface area contributed by atoms with Crippen molar-refractivity contribution in [2.75, 3.05) is 35.9 Å². The fourth-order valence-electron chi connectivity index (χ4n) is 4.28. The van der Waals surface area contributed by atoms with Crippen LogP contribution in [0.25, 0.3) is 0 Å². The van der Waals surface area contributed by atoms with Crippen LogP contribution in [0.15, 0.2) is 71.6 Å². The van der Waals surface area contributed by atoms with Gasteiger partial charge in [0, 0.05) is 29.5 Å². The second kappa shape index (κ2) is 10.4. The second-order valence-electron chi connectivity index (χ2n) is 8.64. The molecule has 5 rings (SSSR count). The van der Waals surface area contributed by atoms with Gasteiger partial charge in [-0.2, -0.15) is 0 Å². The molecule has 2 aliphatic heterocycles. The number of hydrogen-bond acceptors (Lipinski definition) is 7. The molecule has 0 atom stereocenters. The second-order valence-corrected chi connectivity index (χ2v) is 10.3. The van der Waals surface area contributed by atoms with Crippen molar-refractivity contribution in [1.29, 1.82) is 0 Å². The smallest absolute Gasteiger partial charge is 0.269 e. The van der Waals surface area contributed by atoms with Gasteiger partial charge in [0.25, 0.3) is 21.8 Å². The molecule has 3 aromatic rings. The molecule has 0 aromatic heterocycles. The number of sulfonamides is 1. The molecule has 2 aliphatic rings. The number of aryl methyl sites for hydroxylation is 1. The summed E-state index contributed by atoms with van der Waals surface area (Å²) in [5.74, 6) is 0.00332. The van der Waals surface area contributed by atoms with Crippen LogP contribution in [0.1, 0.15) is 22.3 Å². The van der Waals surface area contributed by atoms with Crippen LogP contribution in [-0.2, 0) is 21.2 Å². The molecule has 0 aliphatic carbocycles. The third-order valence-electron chi connectivity index (χ3n) is 6.08. The number of hydrazine groups is 1.